The molecule has 0 unspecified atom stereocenters. The minimum atomic E-state index is -0.175. The fourth-order valence-electron chi connectivity index (χ4n) is 1.20. The number of phenolic OH excluding ortho intramolecular Hbond substituents is 2. The van der Waals surface area contributed by atoms with Crippen LogP contribution in [-0.4, -0.2) is 10.2 Å². The van der Waals surface area contributed by atoms with Gasteiger partial charge in [0.05, 0.1) is 0 Å². The monoisotopic (exact) mass is 181 g/mol. The van der Waals surface area contributed by atoms with Crippen molar-refractivity contribution in [3.8, 4) is 11.5 Å². The molecule has 0 heterocycles. The molecule has 0 fully saturated rings. The van der Waals surface area contributed by atoms with Gasteiger partial charge in [-0.2, -0.15) is 0 Å². The van der Waals surface area contributed by atoms with E-state index in [4.69, 9.17) is 5.73 Å². The molecule has 13 heavy (non-hydrogen) atoms. The first-order valence-corrected chi connectivity index (χ1v) is 4.15. The maximum Gasteiger partial charge on any atom is 0.146 e. The van der Waals surface area contributed by atoms with E-state index < -0.39 is 0 Å². The summed E-state index contributed by atoms with van der Waals surface area (Å²) in [6.45, 7) is 5.91. The van der Waals surface area contributed by atoms with Gasteiger partial charge in [-0.3, -0.25) is 0 Å². The van der Waals surface area contributed by atoms with Gasteiger partial charge in [0.2, 0.25) is 0 Å². The Balaban J connectivity index is 3.35. The van der Waals surface area contributed by atoms with Crippen LogP contribution >= 0.6 is 0 Å². The molecule has 0 saturated heterocycles. The van der Waals surface area contributed by atoms with E-state index in [0.717, 1.165) is 5.56 Å². The van der Waals surface area contributed by atoms with Gasteiger partial charge in [-0.15, -0.1) is 0 Å². The lowest BCUT2D eigenvalue weighted by Gasteiger charge is -2.21. The lowest BCUT2D eigenvalue weighted by Crippen LogP contribution is -2.11. The predicted molar refractivity (Wildman–Crippen MR) is 52.9 cm³/mol. The van der Waals surface area contributed by atoms with E-state index in [1.54, 1.807) is 6.07 Å². The Bertz CT molecular complexity index is 326. The Morgan fingerprint density at radius 2 is 1.69 bits per heavy atom. The quantitative estimate of drug-likeness (QED) is 0.423. The van der Waals surface area contributed by atoms with Crippen LogP contribution in [0.2, 0.25) is 0 Å². The topological polar surface area (TPSA) is 66.5 Å². The normalized spacial score (nSPS) is 11.6. The molecule has 1 rings (SSSR count). The van der Waals surface area contributed by atoms with E-state index in [-0.39, 0.29) is 22.6 Å². The Morgan fingerprint density at radius 1 is 1.15 bits per heavy atom. The van der Waals surface area contributed by atoms with E-state index in [0.29, 0.717) is 0 Å². The number of rotatable bonds is 0. The smallest absolute Gasteiger partial charge is 0.146 e. The van der Waals surface area contributed by atoms with Crippen LogP contribution in [0.5, 0.6) is 11.5 Å². The van der Waals surface area contributed by atoms with Gasteiger partial charge in [-0.25, -0.2) is 0 Å². The minimum absolute atomic E-state index is 0.0208. The third-order valence-electron chi connectivity index (χ3n) is 2.00. The second kappa shape index (κ2) is 2.83. The average Bonchev–Trinajstić information content (AvgIpc) is 1.98. The molecule has 0 aliphatic carbocycles. The van der Waals surface area contributed by atoms with E-state index in [9.17, 15) is 10.2 Å². The lowest BCUT2D eigenvalue weighted by molar-refractivity contribution is 0.436. The second-order valence-electron chi connectivity index (χ2n) is 4.14. The highest BCUT2D eigenvalue weighted by atomic mass is 16.3. The van der Waals surface area contributed by atoms with E-state index in [1.165, 1.54) is 6.07 Å². The second-order valence-corrected chi connectivity index (χ2v) is 4.14. The van der Waals surface area contributed by atoms with Crippen molar-refractivity contribution in [2.75, 3.05) is 5.73 Å². The molecule has 3 nitrogen and oxygen atoms in total. The summed E-state index contributed by atoms with van der Waals surface area (Å²) in [6, 6.07) is 3.18. The zero-order valence-electron chi connectivity index (χ0n) is 8.13. The first-order chi connectivity index (χ1) is 5.84. The molecular weight excluding hydrogens is 166 g/mol. The zero-order valence-corrected chi connectivity index (χ0v) is 8.13. The number of hydrogen-bond donors (Lipinski definition) is 3. The molecule has 0 aliphatic heterocycles. The van der Waals surface area contributed by atoms with Crippen molar-refractivity contribution in [2.24, 2.45) is 0 Å². The third-order valence-corrected chi connectivity index (χ3v) is 2.00. The van der Waals surface area contributed by atoms with Crippen LogP contribution in [0.25, 0.3) is 0 Å². The third kappa shape index (κ3) is 1.69. The predicted octanol–water partition coefficient (Wildman–Crippen LogP) is 1.98. The van der Waals surface area contributed by atoms with Crippen LogP contribution in [0, 0.1) is 0 Å². The minimum Gasteiger partial charge on any atom is -0.506 e. The van der Waals surface area contributed by atoms with Crippen LogP contribution in [0.4, 0.5) is 5.69 Å². The highest BCUT2D eigenvalue weighted by molar-refractivity contribution is 5.65. The van der Waals surface area contributed by atoms with Crippen LogP contribution in [-0.2, 0) is 5.41 Å². The first-order valence-electron chi connectivity index (χ1n) is 4.15. The number of nitrogens with two attached hydrogens (primary N) is 1. The SMILES string of the molecule is CC(C)(C)c1ccc(O)c(N)c1O. The fraction of sp³-hybridized carbons (Fsp3) is 0.400. The summed E-state index contributed by atoms with van der Waals surface area (Å²) in [4.78, 5) is 0. The Morgan fingerprint density at radius 3 is 2.15 bits per heavy atom. The summed E-state index contributed by atoms with van der Waals surface area (Å²) in [6.07, 6.45) is 0. The van der Waals surface area contributed by atoms with Gasteiger partial charge in [-0.05, 0) is 11.5 Å². The number of benzene rings is 1. The van der Waals surface area contributed by atoms with Gasteiger partial charge in [0.15, 0.2) is 0 Å². The molecule has 1 aromatic rings. The number of aromatic hydroxyl groups is 2. The number of hydrogen-bond acceptors (Lipinski definition) is 3. The van der Waals surface area contributed by atoms with E-state index >= 15 is 0 Å². The summed E-state index contributed by atoms with van der Waals surface area (Å²) in [5.41, 5.74) is 6.09. The number of nitrogen functional groups attached to an aromatic ring is 1. The largest absolute Gasteiger partial charge is 0.506 e. The molecule has 0 atom stereocenters. The van der Waals surface area contributed by atoms with Crippen LogP contribution in [0.3, 0.4) is 0 Å². The molecule has 0 spiro atoms. The van der Waals surface area contributed by atoms with Gasteiger partial charge >= 0.3 is 0 Å². The standard InChI is InChI=1S/C10H15NO2/c1-10(2,3)6-4-5-7(12)8(11)9(6)13/h4-5,12-13H,11H2,1-3H3. The highest BCUT2D eigenvalue weighted by Crippen LogP contribution is 2.38. The Kier molecular flexibility index (Phi) is 2.12. The zero-order chi connectivity index (χ0) is 10.2. The first kappa shape index (κ1) is 9.71. The molecule has 0 bridgehead atoms. The van der Waals surface area contributed by atoms with Crippen molar-refractivity contribution < 1.29 is 10.2 Å². The molecule has 0 aromatic heterocycles. The number of anilines is 1. The summed E-state index contributed by atoms with van der Waals surface area (Å²) in [7, 11) is 0. The summed E-state index contributed by atoms with van der Waals surface area (Å²) >= 11 is 0. The van der Waals surface area contributed by atoms with Crippen LogP contribution in [0.1, 0.15) is 26.3 Å². The summed E-state index contributed by atoms with van der Waals surface area (Å²) in [5, 5.41) is 18.8. The molecular formula is C10H15NO2. The molecule has 0 radical (unpaired) electrons. The van der Waals surface area contributed by atoms with Crippen molar-refractivity contribution in [3.63, 3.8) is 0 Å². The van der Waals surface area contributed by atoms with Crippen molar-refractivity contribution in [1.29, 1.82) is 0 Å². The Hall–Kier alpha value is -1.38. The van der Waals surface area contributed by atoms with Crippen molar-refractivity contribution >= 4 is 5.69 Å². The van der Waals surface area contributed by atoms with Crippen LogP contribution in [0.15, 0.2) is 12.1 Å². The molecule has 0 aliphatic rings. The van der Waals surface area contributed by atoms with Crippen molar-refractivity contribution in [3.05, 3.63) is 17.7 Å². The molecule has 0 amide bonds. The van der Waals surface area contributed by atoms with Gasteiger partial charge in [-0.1, -0.05) is 26.8 Å². The summed E-state index contributed by atoms with van der Waals surface area (Å²) < 4.78 is 0. The van der Waals surface area contributed by atoms with Crippen LogP contribution < -0.4 is 5.73 Å². The maximum absolute atomic E-state index is 9.63. The molecule has 0 saturated carbocycles. The van der Waals surface area contributed by atoms with E-state index in [1.807, 2.05) is 20.8 Å². The maximum atomic E-state index is 9.63. The van der Waals surface area contributed by atoms with E-state index in [2.05, 4.69) is 0 Å². The van der Waals surface area contributed by atoms with Gasteiger partial charge in [0, 0.05) is 5.56 Å². The molecule has 4 N–H and O–H groups in total. The Labute approximate surface area is 77.8 Å². The molecule has 72 valence electrons. The van der Waals surface area contributed by atoms with Gasteiger partial charge in [0.25, 0.3) is 0 Å². The van der Waals surface area contributed by atoms with Crippen molar-refractivity contribution in [2.45, 2.75) is 26.2 Å². The van der Waals surface area contributed by atoms with Gasteiger partial charge in [0.1, 0.15) is 17.2 Å². The fourth-order valence-corrected chi connectivity index (χ4v) is 1.20. The molecule has 1 aromatic carbocycles. The highest BCUT2D eigenvalue weighted by Gasteiger charge is 2.20. The number of phenols is 2. The van der Waals surface area contributed by atoms with Gasteiger partial charge < -0.3 is 15.9 Å². The summed E-state index contributed by atoms with van der Waals surface area (Å²) in [5.74, 6) is -0.0991. The van der Waals surface area contributed by atoms with Crippen molar-refractivity contribution in [1.82, 2.24) is 0 Å². The molecule has 3 heteroatoms. The lowest BCUT2D eigenvalue weighted by atomic mass is 9.86. The average molecular weight is 181 g/mol.